The normalized spacial score (nSPS) is 12.1. The maximum atomic E-state index is 12.7. The van der Waals surface area contributed by atoms with E-state index in [1.165, 1.54) is 10.9 Å². The Balaban J connectivity index is 1.32. The van der Waals surface area contributed by atoms with Gasteiger partial charge in [0.05, 0.1) is 16.6 Å². The number of nitrogens with one attached hydrogen (secondary N) is 1. The fourth-order valence-electron chi connectivity index (χ4n) is 3.36. The van der Waals surface area contributed by atoms with Gasteiger partial charge in [0.15, 0.2) is 11.5 Å². The van der Waals surface area contributed by atoms with Gasteiger partial charge in [-0.25, -0.2) is 4.98 Å². The van der Waals surface area contributed by atoms with E-state index < -0.39 is 0 Å². The second kappa shape index (κ2) is 7.36. The average Bonchev–Trinajstić information content (AvgIpc) is 3.26. The van der Waals surface area contributed by atoms with Gasteiger partial charge in [0, 0.05) is 12.1 Å². The molecule has 0 radical (unpaired) electrons. The van der Waals surface area contributed by atoms with E-state index in [0.29, 0.717) is 40.2 Å². The summed E-state index contributed by atoms with van der Waals surface area (Å²) in [7, 11) is 0. The van der Waals surface area contributed by atoms with Crippen molar-refractivity contribution in [3.8, 4) is 17.2 Å². The van der Waals surface area contributed by atoms with E-state index in [2.05, 4.69) is 10.3 Å². The summed E-state index contributed by atoms with van der Waals surface area (Å²) in [5.74, 6) is 1.18. The summed E-state index contributed by atoms with van der Waals surface area (Å²) < 4.78 is 12.1. The van der Waals surface area contributed by atoms with Gasteiger partial charge in [-0.05, 0) is 54.1 Å². The maximum Gasteiger partial charge on any atom is 0.265 e. The van der Waals surface area contributed by atoms with Crippen molar-refractivity contribution in [2.45, 2.75) is 6.54 Å². The van der Waals surface area contributed by atoms with Crippen molar-refractivity contribution < 1.29 is 14.3 Å². The molecule has 2 heterocycles. The van der Waals surface area contributed by atoms with Crippen LogP contribution in [0.3, 0.4) is 0 Å². The van der Waals surface area contributed by atoms with Gasteiger partial charge in [-0.3, -0.25) is 14.2 Å². The van der Waals surface area contributed by atoms with Crippen LogP contribution in [0.5, 0.6) is 11.5 Å². The number of carbonyl (C=O) groups is 1. The molecule has 1 aliphatic heterocycles. The minimum atomic E-state index is -0.205. The highest BCUT2D eigenvalue weighted by atomic mass is 16.7. The molecule has 1 aromatic heterocycles. The number of benzene rings is 3. The van der Waals surface area contributed by atoms with Crippen LogP contribution >= 0.6 is 0 Å². The molecule has 148 valence electrons. The summed E-state index contributed by atoms with van der Waals surface area (Å²) in [6.07, 6.45) is 1.50. The summed E-state index contributed by atoms with van der Waals surface area (Å²) in [6, 6.07) is 19.6. The Hall–Kier alpha value is -4.13. The van der Waals surface area contributed by atoms with Crippen molar-refractivity contribution in [1.29, 1.82) is 0 Å². The predicted octanol–water partition coefficient (Wildman–Crippen LogP) is 3.04. The number of hydrogen-bond donors (Lipinski definition) is 1. The largest absolute Gasteiger partial charge is 0.454 e. The SMILES string of the molecule is O=C(NCc1ccc2c(c1)OCO2)c1ccc(-n2cnc3ccccc3c2=O)cc1. The van der Waals surface area contributed by atoms with Crippen LogP contribution in [0.2, 0.25) is 0 Å². The Kier molecular flexibility index (Phi) is 4.40. The van der Waals surface area contributed by atoms with Crippen LogP contribution < -0.4 is 20.3 Å². The first-order valence-corrected chi connectivity index (χ1v) is 9.42. The molecular weight excluding hydrogens is 382 g/mol. The number of para-hydroxylation sites is 1. The molecule has 0 spiro atoms. The van der Waals surface area contributed by atoms with E-state index in [9.17, 15) is 9.59 Å². The number of rotatable bonds is 4. The highest BCUT2D eigenvalue weighted by Crippen LogP contribution is 2.32. The number of ether oxygens (including phenoxy) is 2. The minimum Gasteiger partial charge on any atom is -0.454 e. The molecule has 7 heteroatoms. The smallest absolute Gasteiger partial charge is 0.265 e. The predicted molar refractivity (Wildman–Crippen MR) is 111 cm³/mol. The Morgan fingerprint density at radius 1 is 1.00 bits per heavy atom. The van der Waals surface area contributed by atoms with E-state index in [-0.39, 0.29) is 18.3 Å². The van der Waals surface area contributed by atoms with Gasteiger partial charge in [-0.2, -0.15) is 0 Å². The van der Waals surface area contributed by atoms with E-state index in [4.69, 9.17) is 9.47 Å². The van der Waals surface area contributed by atoms with Gasteiger partial charge in [0.25, 0.3) is 11.5 Å². The van der Waals surface area contributed by atoms with Crippen molar-refractivity contribution in [2.75, 3.05) is 6.79 Å². The monoisotopic (exact) mass is 399 g/mol. The summed E-state index contributed by atoms with van der Waals surface area (Å²) >= 11 is 0. The summed E-state index contributed by atoms with van der Waals surface area (Å²) in [5, 5.41) is 3.43. The Morgan fingerprint density at radius 2 is 1.80 bits per heavy atom. The number of hydrogen-bond acceptors (Lipinski definition) is 5. The van der Waals surface area contributed by atoms with E-state index in [1.54, 1.807) is 36.4 Å². The van der Waals surface area contributed by atoms with Gasteiger partial charge >= 0.3 is 0 Å². The highest BCUT2D eigenvalue weighted by Gasteiger charge is 2.14. The molecule has 0 atom stereocenters. The molecular formula is C23H17N3O4. The Morgan fingerprint density at radius 3 is 2.67 bits per heavy atom. The zero-order valence-corrected chi connectivity index (χ0v) is 15.9. The lowest BCUT2D eigenvalue weighted by Crippen LogP contribution is -2.23. The van der Waals surface area contributed by atoms with Crippen LogP contribution in [-0.4, -0.2) is 22.3 Å². The van der Waals surface area contributed by atoms with Gasteiger partial charge in [-0.1, -0.05) is 18.2 Å². The fourth-order valence-corrected chi connectivity index (χ4v) is 3.36. The van der Waals surface area contributed by atoms with Gasteiger partial charge in [-0.15, -0.1) is 0 Å². The Labute approximate surface area is 171 Å². The number of carbonyl (C=O) groups excluding carboxylic acids is 1. The first-order chi connectivity index (χ1) is 14.7. The second-order valence-corrected chi connectivity index (χ2v) is 6.85. The van der Waals surface area contributed by atoms with Crippen LogP contribution in [0.25, 0.3) is 16.6 Å². The fraction of sp³-hybridized carbons (Fsp3) is 0.0870. The van der Waals surface area contributed by atoms with E-state index >= 15 is 0 Å². The molecule has 7 nitrogen and oxygen atoms in total. The van der Waals surface area contributed by atoms with Crippen LogP contribution in [0.1, 0.15) is 15.9 Å². The van der Waals surface area contributed by atoms with Gasteiger partial charge in [0.1, 0.15) is 6.33 Å². The summed E-state index contributed by atoms with van der Waals surface area (Å²) in [6.45, 7) is 0.582. The summed E-state index contributed by atoms with van der Waals surface area (Å²) in [4.78, 5) is 29.5. The van der Waals surface area contributed by atoms with Crippen molar-refractivity contribution in [1.82, 2.24) is 14.9 Å². The van der Waals surface area contributed by atoms with Gasteiger partial charge < -0.3 is 14.8 Å². The molecule has 0 unspecified atom stereocenters. The second-order valence-electron chi connectivity index (χ2n) is 6.85. The van der Waals surface area contributed by atoms with Crippen LogP contribution in [0, 0.1) is 0 Å². The standard InChI is InChI=1S/C23H17N3O4/c27-22(24-12-15-5-10-20-21(11-15)30-14-29-20)16-6-8-17(9-7-16)26-13-25-19-4-2-1-3-18(19)23(26)28/h1-11,13H,12,14H2,(H,24,27). The number of aromatic nitrogens is 2. The molecule has 1 N–H and O–H groups in total. The zero-order chi connectivity index (χ0) is 20.5. The van der Waals surface area contributed by atoms with Crippen LogP contribution in [-0.2, 0) is 6.54 Å². The van der Waals surface area contributed by atoms with Crippen LogP contribution in [0.4, 0.5) is 0 Å². The topological polar surface area (TPSA) is 82.4 Å². The lowest BCUT2D eigenvalue weighted by molar-refractivity contribution is 0.0951. The number of amides is 1. The van der Waals surface area contributed by atoms with Crippen molar-refractivity contribution in [3.05, 3.63) is 94.5 Å². The molecule has 5 rings (SSSR count). The average molecular weight is 399 g/mol. The molecule has 0 saturated carbocycles. The highest BCUT2D eigenvalue weighted by molar-refractivity contribution is 5.94. The summed E-state index contributed by atoms with van der Waals surface area (Å²) in [5.41, 5.74) is 2.56. The number of fused-ring (bicyclic) bond motifs is 2. The molecule has 0 aliphatic carbocycles. The minimum absolute atomic E-state index is 0.152. The molecule has 1 amide bonds. The van der Waals surface area contributed by atoms with Crippen molar-refractivity contribution in [3.63, 3.8) is 0 Å². The molecule has 30 heavy (non-hydrogen) atoms. The van der Waals surface area contributed by atoms with Crippen molar-refractivity contribution in [2.24, 2.45) is 0 Å². The van der Waals surface area contributed by atoms with E-state index in [1.807, 2.05) is 30.3 Å². The van der Waals surface area contributed by atoms with E-state index in [0.717, 1.165) is 5.56 Å². The third-order valence-electron chi connectivity index (χ3n) is 4.96. The third-order valence-corrected chi connectivity index (χ3v) is 4.96. The molecule has 0 saturated heterocycles. The molecule has 0 bridgehead atoms. The van der Waals surface area contributed by atoms with Gasteiger partial charge in [0.2, 0.25) is 6.79 Å². The molecule has 1 aliphatic rings. The Bertz CT molecular complexity index is 1310. The third kappa shape index (κ3) is 3.26. The zero-order valence-electron chi connectivity index (χ0n) is 15.9. The first-order valence-electron chi connectivity index (χ1n) is 9.42. The lowest BCUT2D eigenvalue weighted by atomic mass is 10.1. The maximum absolute atomic E-state index is 12.7. The molecule has 0 fully saturated rings. The van der Waals surface area contributed by atoms with Crippen molar-refractivity contribution >= 4 is 16.8 Å². The van der Waals surface area contributed by atoms with Crippen LogP contribution in [0.15, 0.2) is 77.9 Å². The quantitative estimate of drug-likeness (QED) is 0.570. The first kappa shape index (κ1) is 17.9. The molecule has 4 aromatic rings. The lowest BCUT2D eigenvalue weighted by Gasteiger charge is -2.09. The number of nitrogens with zero attached hydrogens (tertiary/aromatic N) is 2. The molecule has 3 aromatic carbocycles.